The van der Waals surface area contributed by atoms with Crippen LogP contribution in [0.15, 0.2) is 85.6 Å². The average molecular weight is 413 g/mol. The highest BCUT2D eigenvalue weighted by atomic mass is 16.5. The largest absolute Gasteiger partial charge is 0.497 e. The second-order valence-electron chi connectivity index (χ2n) is 6.98. The Labute approximate surface area is 180 Å². The molecule has 0 saturated carbocycles. The van der Waals surface area contributed by atoms with Gasteiger partial charge in [0.1, 0.15) is 17.9 Å². The number of nitrogens with one attached hydrogen (secondary N) is 2. The molecule has 31 heavy (non-hydrogen) atoms. The maximum atomic E-state index is 12.5. The van der Waals surface area contributed by atoms with Crippen LogP contribution >= 0.6 is 0 Å². The molecule has 2 aromatic carbocycles. The van der Waals surface area contributed by atoms with Crippen molar-refractivity contribution in [3.63, 3.8) is 0 Å². The molecule has 0 aliphatic heterocycles. The molecule has 4 aromatic rings. The number of pyridine rings is 1. The monoisotopic (exact) mass is 413 g/mol. The van der Waals surface area contributed by atoms with Gasteiger partial charge in [0.15, 0.2) is 0 Å². The van der Waals surface area contributed by atoms with Crippen molar-refractivity contribution in [2.24, 2.45) is 0 Å². The number of carbonyl (C=O) groups excluding carboxylic acids is 1. The van der Waals surface area contributed by atoms with E-state index in [1.807, 2.05) is 53.4 Å². The lowest BCUT2D eigenvalue weighted by molar-refractivity contribution is 0.102. The summed E-state index contributed by atoms with van der Waals surface area (Å²) in [4.78, 5) is 21.0. The predicted molar refractivity (Wildman–Crippen MR) is 119 cm³/mol. The minimum Gasteiger partial charge on any atom is -0.497 e. The summed E-state index contributed by atoms with van der Waals surface area (Å²) >= 11 is 0. The van der Waals surface area contributed by atoms with E-state index in [4.69, 9.17) is 4.74 Å². The van der Waals surface area contributed by atoms with Gasteiger partial charge in [-0.3, -0.25) is 9.36 Å². The number of amides is 1. The highest BCUT2D eigenvalue weighted by Crippen LogP contribution is 2.15. The Morgan fingerprint density at radius 2 is 1.87 bits per heavy atom. The van der Waals surface area contributed by atoms with E-state index in [9.17, 15) is 4.79 Å². The molecule has 1 amide bonds. The first kappa shape index (κ1) is 20.3. The second-order valence-corrected chi connectivity index (χ2v) is 6.98. The maximum absolute atomic E-state index is 12.5. The van der Waals surface area contributed by atoms with Gasteiger partial charge in [-0.05, 0) is 53.6 Å². The molecular formula is C24H23N5O2. The molecule has 0 aliphatic rings. The Kier molecular flexibility index (Phi) is 6.35. The SMILES string of the molecule is COc1ccc(C(=O)Nc2cccc(CNCc3ccc(-n4ccnc4)nc3)c2)cc1. The van der Waals surface area contributed by atoms with Crippen LogP contribution in [0.3, 0.4) is 0 Å². The topological polar surface area (TPSA) is 81.1 Å². The van der Waals surface area contributed by atoms with Crippen molar-refractivity contribution in [3.05, 3.63) is 102 Å². The van der Waals surface area contributed by atoms with Crippen LogP contribution in [-0.4, -0.2) is 27.6 Å². The Morgan fingerprint density at radius 3 is 2.58 bits per heavy atom. The summed E-state index contributed by atoms with van der Waals surface area (Å²) in [5, 5.41) is 6.35. The molecule has 0 radical (unpaired) electrons. The number of rotatable bonds is 8. The van der Waals surface area contributed by atoms with E-state index < -0.39 is 0 Å². The number of anilines is 1. The van der Waals surface area contributed by atoms with Gasteiger partial charge in [0.2, 0.25) is 0 Å². The van der Waals surface area contributed by atoms with Gasteiger partial charge in [-0.25, -0.2) is 9.97 Å². The summed E-state index contributed by atoms with van der Waals surface area (Å²) in [5.74, 6) is 1.40. The molecule has 2 N–H and O–H groups in total. The minimum atomic E-state index is -0.156. The Morgan fingerprint density at radius 1 is 1.03 bits per heavy atom. The molecule has 7 heteroatoms. The lowest BCUT2D eigenvalue weighted by Gasteiger charge is -2.09. The fraction of sp³-hybridized carbons (Fsp3) is 0.125. The molecule has 2 heterocycles. The molecule has 156 valence electrons. The van der Waals surface area contributed by atoms with Crippen molar-refractivity contribution in [2.75, 3.05) is 12.4 Å². The highest BCUT2D eigenvalue weighted by Gasteiger charge is 2.07. The zero-order chi connectivity index (χ0) is 21.5. The standard InChI is InChI=1S/C24H23N5O2/c1-31-22-8-6-20(7-9-22)24(30)28-21-4-2-3-18(13-21)14-26-15-19-5-10-23(27-16-19)29-12-11-25-17-29/h2-13,16-17,26H,14-15H2,1H3,(H,28,30). The normalized spacial score (nSPS) is 10.6. The van der Waals surface area contributed by atoms with E-state index in [0.29, 0.717) is 18.7 Å². The molecule has 7 nitrogen and oxygen atoms in total. The third-order valence-electron chi connectivity index (χ3n) is 4.77. The fourth-order valence-corrected chi connectivity index (χ4v) is 3.12. The van der Waals surface area contributed by atoms with Gasteiger partial charge in [0, 0.05) is 42.9 Å². The molecular weight excluding hydrogens is 390 g/mol. The fourth-order valence-electron chi connectivity index (χ4n) is 3.12. The Hall–Kier alpha value is -3.97. The molecule has 0 bridgehead atoms. The van der Waals surface area contributed by atoms with E-state index in [0.717, 1.165) is 28.4 Å². The first-order valence-electron chi connectivity index (χ1n) is 9.89. The number of hydrogen-bond acceptors (Lipinski definition) is 5. The summed E-state index contributed by atoms with van der Waals surface area (Å²) in [7, 11) is 1.60. The molecule has 0 unspecified atom stereocenters. The number of imidazole rings is 1. The van der Waals surface area contributed by atoms with Crippen LogP contribution in [0.4, 0.5) is 5.69 Å². The lowest BCUT2D eigenvalue weighted by atomic mass is 10.1. The van der Waals surface area contributed by atoms with Gasteiger partial charge in [-0.15, -0.1) is 0 Å². The number of hydrogen-bond donors (Lipinski definition) is 2. The average Bonchev–Trinajstić information content (AvgIpc) is 3.35. The van der Waals surface area contributed by atoms with E-state index in [2.05, 4.69) is 20.6 Å². The van der Waals surface area contributed by atoms with Crippen molar-refractivity contribution >= 4 is 11.6 Å². The van der Waals surface area contributed by atoms with E-state index in [1.54, 1.807) is 43.9 Å². The van der Waals surface area contributed by atoms with Crippen molar-refractivity contribution in [1.82, 2.24) is 19.9 Å². The third-order valence-corrected chi connectivity index (χ3v) is 4.77. The van der Waals surface area contributed by atoms with Gasteiger partial charge in [0.25, 0.3) is 5.91 Å². The number of ether oxygens (including phenoxy) is 1. The summed E-state index contributed by atoms with van der Waals surface area (Å²) in [5.41, 5.74) is 3.51. The van der Waals surface area contributed by atoms with Crippen LogP contribution in [0.2, 0.25) is 0 Å². The summed E-state index contributed by atoms with van der Waals surface area (Å²) in [6, 6.07) is 18.8. The Bertz CT molecular complexity index is 1120. The van der Waals surface area contributed by atoms with Crippen LogP contribution in [-0.2, 0) is 13.1 Å². The number of methoxy groups -OCH3 is 1. The van der Waals surface area contributed by atoms with Crippen LogP contribution in [0.25, 0.3) is 5.82 Å². The van der Waals surface area contributed by atoms with Crippen LogP contribution in [0.1, 0.15) is 21.5 Å². The van der Waals surface area contributed by atoms with Crippen molar-refractivity contribution < 1.29 is 9.53 Å². The van der Waals surface area contributed by atoms with Gasteiger partial charge in [-0.2, -0.15) is 0 Å². The number of nitrogens with zero attached hydrogens (tertiary/aromatic N) is 3. The maximum Gasteiger partial charge on any atom is 0.255 e. The second kappa shape index (κ2) is 9.69. The smallest absolute Gasteiger partial charge is 0.255 e. The number of benzene rings is 2. The van der Waals surface area contributed by atoms with Gasteiger partial charge in [0.05, 0.1) is 7.11 Å². The summed E-state index contributed by atoms with van der Waals surface area (Å²) < 4.78 is 6.99. The minimum absolute atomic E-state index is 0.156. The predicted octanol–water partition coefficient (Wildman–Crippen LogP) is 3.82. The zero-order valence-electron chi connectivity index (χ0n) is 17.2. The first-order valence-corrected chi connectivity index (χ1v) is 9.89. The summed E-state index contributed by atoms with van der Waals surface area (Å²) in [6.07, 6.45) is 7.17. The molecule has 2 aromatic heterocycles. The quantitative estimate of drug-likeness (QED) is 0.459. The van der Waals surface area contributed by atoms with Crippen molar-refractivity contribution in [1.29, 1.82) is 0 Å². The third kappa shape index (κ3) is 5.34. The highest BCUT2D eigenvalue weighted by molar-refractivity contribution is 6.04. The van der Waals surface area contributed by atoms with Gasteiger partial charge in [-0.1, -0.05) is 18.2 Å². The molecule has 0 saturated heterocycles. The Balaban J connectivity index is 1.30. The summed E-state index contributed by atoms with van der Waals surface area (Å²) in [6.45, 7) is 1.37. The van der Waals surface area contributed by atoms with Crippen molar-refractivity contribution in [3.8, 4) is 11.6 Å². The van der Waals surface area contributed by atoms with E-state index in [1.165, 1.54) is 0 Å². The van der Waals surface area contributed by atoms with Crippen molar-refractivity contribution in [2.45, 2.75) is 13.1 Å². The molecule has 0 spiro atoms. The van der Waals surface area contributed by atoms with E-state index >= 15 is 0 Å². The van der Waals surface area contributed by atoms with E-state index in [-0.39, 0.29) is 5.91 Å². The molecule has 0 atom stereocenters. The van der Waals surface area contributed by atoms with Crippen LogP contribution in [0.5, 0.6) is 5.75 Å². The van der Waals surface area contributed by atoms with Gasteiger partial charge >= 0.3 is 0 Å². The van der Waals surface area contributed by atoms with Crippen LogP contribution < -0.4 is 15.4 Å². The zero-order valence-corrected chi connectivity index (χ0v) is 17.2. The molecule has 0 fully saturated rings. The lowest BCUT2D eigenvalue weighted by Crippen LogP contribution is -2.14. The molecule has 0 aliphatic carbocycles. The van der Waals surface area contributed by atoms with Crippen LogP contribution in [0, 0.1) is 0 Å². The molecule has 4 rings (SSSR count). The van der Waals surface area contributed by atoms with Gasteiger partial charge < -0.3 is 15.4 Å². The number of aromatic nitrogens is 3. The first-order chi connectivity index (χ1) is 15.2. The number of carbonyl (C=O) groups is 1.